The van der Waals surface area contributed by atoms with Crippen molar-refractivity contribution >= 4 is 5.96 Å². The minimum absolute atomic E-state index is 0.215. The molecular weight excluding hydrogens is 371 g/mol. The summed E-state index contributed by atoms with van der Waals surface area (Å²) in [6.07, 6.45) is -0.735. The molecule has 0 aliphatic heterocycles. The lowest BCUT2D eigenvalue weighted by Gasteiger charge is -2.18. The van der Waals surface area contributed by atoms with Gasteiger partial charge in [-0.05, 0) is 30.5 Å². The van der Waals surface area contributed by atoms with Crippen molar-refractivity contribution in [1.82, 2.24) is 20.4 Å². The molecule has 2 rings (SSSR count). The first kappa shape index (κ1) is 21.6. The van der Waals surface area contributed by atoms with Crippen LogP contribution in [0.1, 0.15) is 18.1 Å². The number of benzene rings is 1. The van der Waals surface area contributed by atoms with Gasteiger partial charge in [-0.25, -0.2) is 0 Å². The molecule has 1 aromatic carbocycles. The molecule has 0 saturated carbocycles. The predicted octanol–water partition coefficient (Wildman–Crippen LogP) is 3.13. The van der Waals surface area contributed by atoms with Crippen LogP contribution >= 0.6 is 0 Å². The fourth-order valence-electron chi connectivity index (χ4n) is 2.56. The summed E-state index contributed by atoms with van der Waals surface area (Å²) in [6.45, 7) is 4.31. The third-order valence-electron chi connectivity index (χ3n) is 3.96. The summed E-state index contributed by atoms with van der Waals surface area (Å²) in [6, 6.07) is 7.06. The molecule has 0 saturated heterocycles. The number of aromatic nitrogens is 2. The molecule has 6 nitrogen and oxygen atoms in total. The number of alkyl halides is 3. The molecule has 0 aliphatic rings. The smallest absolute Gasteiger partial charge is 0.422 e. The largest absolute Gasteiger partial charge is 0.484 e. The van der Waals surface area contributed by atoms with Gasteiger partial charge in [-0.15, -0.1) is 0 Å². The van der Waals surface area contributed by atoms with Gasteiger partial charge in [0.15, 0.2) is 12.6 Å². The number of hydrogen-bond acceptors (Lipinski definition) is 3. The summed E-state index contributed by atoms with van der Waals surface area (Å²) in [7, 11) is 1.64. The minimum atomic E-state index is -4.38. The zero-order chi connectivity index (χ0) is 20.6. The molecule has 1 heterocycles. The van der Waals surface area contributed by atoms with E-state index < -0.39 is 12.8 Å². The molecule has 0 bridgehead atoms. The van der Waals surface area contributed by atoms with Gasteiger partial charge in [-0.2, -0.15) is 18.3 Å². The van der Waals surface area contributed by atoms with E-state index in [4.69, 9.17) is 4.74 Å². The van der Waals surface area contributed by atoms with Crippen LogP contribution in [-0.2, 0) is 13.1 Å². The molecule has 2 aromatic rings. The van der Waals surface area contributed by atoms with Crippen LogP contribution in [0.5, 0.6) is 5.75 Å². The molecule has 0 fully saturated rings. The Morgan fingerprint density at radius 1 is 1.32 bits per heavy atom. The van der Waals surface area contributed by atoms with Crippen LogP contribution in [0.2, 0.25) is 0 Å². The first-order valence-electron chi connectivity index (χ1n) is 8.98. The number of ether oxygens (including phenoxy) is 1. The first-order valence-corrected chi connectivity index (χ1v) is 8.98. The van der Waals surface area contributed by atoms with E-state index in [1.165, 1.54) is 0 Å². The highest BCUT2D eigenvalue weighted by atomic mass is 19.4. The predicted molar refractivity (Wildman–Crippen MR) is 102 cm³/mol. The molecule has 1 unspecified atom stereocenters. The van der Waals surface area contributed by atoms with E-state index in [1.54, 1.807) is 32.3 Å². The standard InChI is InChI=1S/C19H26F3N5O/c1-14-5-6-16(17(9-14)28-13-19(20,21)22)11-25-18(23-3)24-10-15(2)12-27-8-4-7-26-27/h4-9,15H,10-13H2,1-3H3,(H2,23,24,25). The number of nitrogens with zero attached hydrogens (tertiary/aromatic N) is 3. The fraction of sp³-hybridized carbons (Fsp3) is 0.474. The summed E-state index contributed by atoms with van der Waals surface area (Å²) in [5.74, 6) is 1.09. The second-order valence-corrected chi connectivity index (χ2v) is 6.65. The summed E-state index contributed by atoms with van der Waals surface area (Å²) in [4.78, 5) is 4.16. The number of aryl methyl sites for hydroxylation is 1. The van der Waals surface area contributed by atoms with Crippen LogP contribution in [-0.4, -0.2) is 42.1 Å². The number of rotatable bonds is 8. The Morgan fingerprint density at radius 3 is 2.75 bits per heavy atom. The molecule has 2 N–H and O–H groups in total. The van der Waals surface area contributed by atoms with E-state index in [0.717, 1.165) is 12.1 Å². The van der Waals surface area contributed by atoms with E-state index in [1.807, 2.05) is 23.0 Å². The van der Waals surface area contributed by atoms with Gasteiger partial charge >= 0.3 is 6.18 Å². The van der Waals surface area contributed by atoms with Gasteiger partial charge < -0.3 is 15.4 Å². The Hall–Kier alpha value is -2.71. The average Bonchev–Trinajstić information content (AvgIpc) is 3.13. The van der Waals surface area contributed by atoms with Crippen molar-refractivity contribution in [2.75, 3.05) is 20.2 Å². The van der Waals surface area contributed by atoms with Crippen LogP contribution in [0.15, 0.2) is 41.7 Å². The van der Waals surface area contributed by atoms with Crippen LogP contribution < -0.4 is 15.4 Å². The quantitative estimate of drug-likeness (QED) is 0.531. The number of guanidine groups is 1. The van der Waals surface area contributed by atoms with Crippen LogP contribution in [0.3, 0.4) is 0 Å². The molecule has 1 aromatic heterocycles. The highest BCUT2D eigenvalue weighted by Gasteiger charge is 2.28. The van der Waals surface area contributed by atoms with Gasteiger partial charge in [0.05, 0.1) is 0 Å². The summed E-state index contributed by atoms with van der Waals surface area (Å²) < 4.78 is 44.3. The number of hydrogen-bond donors (Lipinski definition) is 2. The molecule has 154 valence electrons. The lowest BCUT2D eigenvalue weighted by molar-refractivity contribution is -0.153. The zero-order valence-corrected chi connectivity index (χ0v) is 16.3. The molecule has 0 amide bonds. The van der Waals surface area contributed by atoms with Gasteiger partial charge in [0.2, 0.25) is 0 Å². The van der Waals surface area contributed by atoms with Crippen molar-refractivity contribution in [3.63, 3.8) is 0 Å². The summed E-state index contributed by atoms with van der Waals surface area (Å²) in [5.41, 5.74) is 1.46. The van der Waals surface area contributed by atoms with E-state index in [0.29, 0.717) is 30.5 Å². The molecule has 1 atom stereocenters. The van der Waals surface area contributed by atoms with Gasteiger partial charge in [0.25, 0.3) is 0 Å². The maximum absolute atomic E-state index is 12.5. The topological polar surface area (TPSA) is 63.5 Å². The molecular formula is C19H26F3N5O. The normalized spacial score (nSPS) is 13.3. The van der Waals surface area contributed by atoms with Crippen LogP contribution in [0.25, 0.3) is 0 Å². The zero-order valence-electron chi connectivity index (χ0n) is 16.3. The lowest BCUT2D eigenvalue weighted by Crippen LogP contribution is -2.39. The van der Waals surface area contributed by atoms with Crippen molar-refractivity contribution < 1.29 is 17.9 Å². The summed E-state index contributed by atoms with van der Waals surface area (Å²) >= 11 is 0. The van der Waals surface area contributed by atoms with Crippen LogP contribution in [0, 0.1) is 12.8 Å². The van der Waals surface area contributed by atoms with Crippen molar-refractivity contribution in [2.45, 2.75) is 33.1 Å². The Bertz CT molecular complexity index is 759. The third kappa shape index (κ3) is 7.50. The lowest BCUT2D eigenvalue weighted by atomic mass is 10.1. The van der Waals surface area contributed by atoms with Crippen molar-refractivity contribution in [3.8, 4) is 5.75 Å². The molecule has 0 radical (unpaired) electrons. The average molecular weight is 397 g/mol. The Kier molecular flexibility index (Phi) is 7.71. The van der Waals surface area contributed by atoms with Gasteiger partial charge in [0, 0.05) is 44.6 Å². The van der Waals surface area contributed by atoms with E-state index in [2.05, 4.69) is 27.6 Å². The Morgan fingerprint density at radius 2 is 2.11 bits per heavy atom. The molecule has 0 spiro atoms. The second kappa shape index (κ2) is 10.0. The minimum Gasteiger partial charge on any atom is -0.484 e. The van der Waals surface area contributed by atoms with Crippen molar-refractivity contribution in [2.24, 2.45) is 10.9 Å². The monoisotopic (exact) mass is 397 g/mol. The maximum Gasteiger partial charge on any atom is 0.422 e. The molecule has 0 aliphatic carbocycles. The van der Waals surface area contributed by atoms with E-state index in [-0.39, 0.29) is 5.75 Å². The van der Waals surface area contributed by atoms with Gasteiger partial charge in [-0.1, -0.05) is 19.1 Å². The van der Waals surface area contributed by atoms with Crippen molar-refractivity contribution in [1.29, 1.82) is 0 Å². The van der Waals surface area contributed by atoms with E-state index >= 15 is 0 Å². The highest BCUT2D eigenvalue weighted by molar-refractivity contribution is 5.79. The van der Waals surface area contributed by atoms with Crippen molar-refractivity contribution in [3.05, 3.63) is 47.8 Å². The SMILES string of the molecule is CN=C(NCc1ccc(C)cc1OCC(F)(F)F)NCC(C)Cn1cccn1. The first-order chi connectivity index (χ1) is 13.3. The third-order valence-corrected chi connectivity index (χ3v) is 3.96. The second-order valence-electron chi connectivity index (χ2n) is 6.65. The number of nitrogens with one attached hydrogen (secondary N) is 2. The Balaban J connectivity index is 1.88. The molecule has 28 heavy (non-hydrogen) atoms. The number of halogens is 3. The molecule has 9 heteroatoms. The highest BCUT2D eigenvalue weighted by Crippen LogP contribution is 2.23. The van der Waals surface area contributed by atoms with E-state index in [9.17, 15) is 13.2 Å². The van der Waals surface area contributed by atoms with Gasteiger partial charge in [0.1, 0.15) is 5.75 Å². The summed E-state index contributed by atoms with van der Waals surface area (Å²) in [5, 5.41) is 10.5. The Labute approximate surface area is 162 Å². The van der Waals surface area contributed by atoms with Crippen LogP contribution in [0.4, 0.5) is 13.2 Å². The van der Waals surface area contributed by atoms with Gasteiger partial charge in [-0.3, -0.25) is 9.67 Å². The maximum atomic E-state index is 12.5. The fourth-order valence-corrected chi connectivity index (χ4v) is 2.56. The number of aliphatic imine (C=N–C) groups is 1.